The fourth-order valence-electron chi connectivity index (χ4n) is 4.12. The van der Waals surface area contributed by atoms with E-state index in [4.69, 9.17) is 0 Å². The number of nitrogens with one attached hydrogen (secondary N) is 1. The molecule has 1 aromatic rings. The first-order valence-corrected chi connectivity index (χ1v) is 12.0. The summed E-state index contributed by atoms with van der Waals surface area (Å²) in [5.41, 5.74) is 1.51. The van der Waals surface area contributed by atoms with Crippen LogP contribution < -0.4 is 10.2 Å². The summed E-state index contributed by atoms with van der Waals surface area (Å²) in [5, 5.41) is 12.9. The van der Waals surface area contributed by atoms with Gasteiger partial charge in [-0.1, -0.05) is 30.3 Å². The van der Waals surface area contributed by atoms with Gasteiger partial charge < -0.3 is 10.2 Å². The van der Waals surface area contributed by atoms with E-state index < -0.39 is 0 Å². The summed E-state index contributed by atoms with van der Waals surface area (Å²) in [4.78, 5) is 14.7. The topological polar surface area (TPSA) is 63.1 Å². The highest BCUT2D eigenvalue weighted by molar-refractivity contribution is 7.99. The second kappa shape index (κ2) is 9.33. The van der Waals surface area contributed by atoms with Crippen molar-refractivity contribution in [1.29, 1.82) is 0 Å². The van der Waals surface area contributed by atoms with Gasteiger partial charge in [-0.25, -0.2) is 0 Å². The van der Waals surface area contributed by atoms with Crippen LogP contribution in [0.15, 0.2) is 16.8 Å². The normalized spacial score (nSPS) is 20.9. The summed E-state index contributed by atoms with van der Waals surface area (Å²) in [5.74, 6) is 2.33. The van der Waals surface area contributed by atoms with E-state index in [9.17, 15) is 4.79 Å². The fourth-order valence-corrected chi connectivity index (χ4v) is 4.95. The molecular weight excluding hydrogens is 370 g/mol. The summed E-state index contributed by atoms with van der Waals surface area (Å²) in [6.07, 6.45) is 13.2. The molecule has 28 heavy (non-hydrogen) atoms. The number of amides is 1. The number of allylic oxidation sites excluding steroid dienone is 1. The van der Waals surface area contributed by atoms with Crippen molar-refractivity contribution in [2.75, 3.05) is 30.3 Å². The van der Waals surface area contributed by atoms with Gasteiger partial charge in [0.2, 0.25) is 11.9 Å². The number of anilines is 1. The molecule has 1 N–H and O–H groups in total. The van der Waals surface area contributed by atoms with Crippen molar-refractivity contribution in [2.24, 2.45) is 5.92 Å². The Morgan fingerprint density at radius 3 is 2.75 bits per heavy atom. The van der Waals surface area contributed by atoms with Gasteiger partial charge in [-0.05, 0) is 63.7 Å². The van der Waals surface area contributed by atoms with E-state index in [1.807, 2.05) is 0 Å². The Hall–Kier alpha value is -1.50. The largest absolute Gasteiger partial charge is 0.355 e. The van der Waals surface area contributed by atoms with Crippen molar-refractivity contribution >= 4 is 23.6 Å². The first-order valence-electron chi connectivity index (χ1n) is 11.0. The minimum Gasteiger partial charge on any atom is -0.355 e. The van der Waals surface area contributed by atoms with Crippen molar-refractivity contribution in [1.82, 2.24) is 20.1 Å². The van der Waals surface area contributed by atoms with Crippen molar-refractivity contribution < 1.29 is 4.79 Å². The molecule has 7 heteroatoms. The quantitative estimate of drug-likeness (QED) is 0.526. The van der Waals surface area contributed by atoms with E-state index in [-0.39, 0.29) is 5.91 Å². The Labute approximate surface area is 172 Å². The third-order valence-electron chi connectivity index (χ3n) is 6.11. The molecule has 3 aliphatic rings. The highest BCUT2D eigenvalue weighted by Gasteiger charge is 2.32. The van der Waals surface area contributed by atoms with E-state index >= 15 is 0 Å². The Morgan fingerprint density at radius 2 is 2.04 bits per heavy atom. The smallest absolute Gasteiger partial charge is 0.230 e. The summed E-state index contributed by atoms with van der Waals surface area (Å²) in [6.45, 7) is 5.20. The molecule has 1 saturated carbocycles. The van der Waals surface area contributed by atoms with Gasteiger partial charge in [-0.3, -0.25) is 9.36 Å². The molecule has 2 fully saturated rings. The molecule has 1 saturated heterocycles. The minimum absolute atomic E-state index is 0.0973. The fraction of sp³-hybridized carbons (Fsp3) is 0.762. The zero-order chi connectivity index (χ0) is 19.3. The molecule has 0 bridgehead atoms. The van der Waals surface area contributed by atoms with Crippen LogP contribution in [0.2, 0.25) is 0 Å². The summed E-state index contributed by atoms with van der Waals surface area (Å²) in [6, 6.07) is 0.521. The van der Waals surface area contributed by atoms with Gasteiger partial charge in [-0.2, -0.15) is 0 Å². The van der Waals surface area contributed by atoms with Gasteiger partial charge in [0.15, 0.2) is 5.16 Å². The Morgan fingerprint density at radius 1 is 1.21 bits per heavy atom. The monoisotopic (exact) mass is 403 g/mol. The maximum atomic E-state index is 12.3. The molecule has 1 aromatic heterocycles. The van der Waals surface area contributed by atoms with Crippen LogP contribution in [-0.4, -0.2) is 46.1 Å². The lowest BCUT2D eigenvalue weighted by Crippen LogP contribution is -2.34. The molecule has 0 atom stereocenters. The predicted molar refractivity (Wildman–Crippen MR) is 114 cm³/mol. The number of rotatable bonds is 8. The minimum atomic E-state index is 0.0973. The van der Waals surface area contributed by atoms with E-state index in [1.54, 1.807) is 0 Å². The molecule has 0 spiro atoms. The molecule has 4 rings (SSSR count). The van der Waals surface area contributed by atoms with E-state index in [0.717, 1.165) is 43.1 Å². The lowest BCUT2D eigenvalue weighted by molar-refractivity contribution is -0.118. The number of piperidine rings is 1. The molecular formula is C21H33N5OS. The molecule has 1 aliphatic heterocycles. The standard InChI is InChI=1S/C21H33N5OS/c1-16-10-13-25(14-11-16)20-23-24-21(26(20)18-7-8-18)28-15-19(27)22-12-9-17-5-3-2-4-6-17/h5,16,18H,2-4,6-15H2,1H3,(H,22,27). The molecule has 0 radical (unpaired) electrons. The average molecular weight is 404 g/mol. The van der Waals surface area contributed by atoms with Crippen LogP contribution in [0.25, 0.3) is 0 Å². The molecule has 1 amide bonds. The van der Waals surface area contributed by atoms with Crippen LogP contribution in [0.4, 0.5) is 5.95 Å². The van der Waals surface area contributed by atoms with E-state index in [2.05, 4.69) is 38.0 Å². The Balaban J connectivity index is 1.28. The molecule has 2 heterocycles. The average Bonchev–Trinajstić information content (AvgIpc) is 3.47. The molecule has 0 unspecified atom stereocenters. The van der Waals surface area contributed by atoms with Crippen molar-refractivity contribution in [3.05, 3.63) is 11.6 Å². The van der Waals surface area contributed by atoms with Gasteiger partial charge in [0.1, 0.15) is 0 Å². The highest BCUT2D eigenvalue weighted by atomic mass is 32.2. The second-order valence-electron chi connectivity index (χ2n) is 8.55. The van der Waals surface area contributed by atoms with Gasteiger partial charge in [0, 0.05) is 25.7 Å². The van der Waals surface area contributed by atoms with Crippen LogP contribution in [-0.2, 0) is 4.79 Å². The van der Waals surface area contributed by atoms with Crippen molar-refractivity contribution in [3.63, 3.8) is 0 Å². The van der Waals surface area contributed by atoms with Gasteiger partial charge in [0.25, 0.3) is 0 Å². The Bertz CT molecular complexity index is 704. The van der Waals surface area contributed by atoms with E-state index in [1.165, 1.54) is 68.7 Å². The number of nitrogens with zero attached hydrogens (tertiary/aromatic N) is 4. The van der Waals surface area contributed by atoms with Crippen molar-refractivity contribution in [2.45, 2.75) is 75.9 Å². The summed E-state index contributed by atoms with van der Waals surface area (Å²) < 4.78 is 2.29. The molecule has 0 aromatic carbocycles. The number of carbonyl (C=O) groups is 1. The zero-order valence-electron chi connectivity index (χ0n) is 17.0. The van der Waals surface area contributed by atoms with E-state index in [0.29, 0.717) is 11.8 Å². The maximum absolute atomic E-state index is 12.3. The highest BCUT2D eigenvalue weighted by Crippen LogP contribution is 2.41. The van der Waals surface area contributed by atoms with Gasteiger partial charge in [0.05, 0.1) is 5.75 Å². The molecule has 154 valence electrons. The predicted octanol–water partition coefficient (Wildman–Crippen LogP) is 3.95. The van der Waals surface area contributed by atoms with Crippen LogP contribution in [0.3, 0.4) is 0 Å². The first kappa shape index (κ1) is 19.8. The van der Waals surface area contributed by atoms with Gasteiger partial charge in [-0.15, -0.1) is 10.2 Å². The lowest BCUT2D eigenvalue weighted by atomic mass is 9.97. The summed E-state index contributed by atoms with van der Waals surface area (Å²) in [7, 11) is 0. The number of hydrogen-bond acceptors (Lipinski definition) is 5. The zero-order valence-corrected chi connectivity index (χ0v) is 17.8. The number of carbonyl (C=O) groups excluding carboxylic acids is 1. The van der Waals surface area contributed by atoms with Crippen LogP contribution in [0, 0.1) is 5.92 Å². The third-order valence-corrected chi connectivity index (χ3v) is 7.05. The number of thioether (sulfide) groups is 1. The SMILES string of the molecule is CC1CCN(c2nnc(SCC(=O)NCCC3=CCCCC3)n2C2CC2)CC1. The third kappa shape index (κ3) is 5.10. The Kier molecular flexibility index (Phi) is 6.60. The number of aromatic nitrogens is 3. The maximum Gasteiger partial charge on any atom is 0.230 e. The van der Waals surface area contributed by atoms with Crippen molar-refractivity contribution in [3.8, 4) is 0 Å². The van der Waals surface area contributed by atoms with Crippen LogP contribution >= 0.6 is 11.8 Å². The van der Waals surface area contributed by atoms with Gasteiger partial charge >= 0.3 is 0 Å². The first-order chi connectivity index (χ1) is 13.7. The van der Waals surface area contributed by atoms with Crippen LogP contribution in [0.5, 0.6) is 0 Å². The second-order valence-corrected chi connectivity index (χ2v) is 9.49. The van der Waals surface area contributed by atoms with Crippen LogP contribution in [0.1, 0.15) is 70.8 Å². The molecule has 2 aliphatic carbocycles. The molecule has 6 nitrogen and oxygen atoms in total. The number of hydrogen-bond donors (Lipinski definition) is 1. The summed E-state index contributed by atoms with van der Waals surface area (Å²) >= 11 is 1.53. The lowest BCUT2D eigenvalue weighted by Gasteiger charge is -2.31.